The first-order chi connectivity index (χ1) is 7.87. The van der Waals surface area contributed by atoms with Gasteiger partial charge >= 0.3 is 0 Å². The lowest BCUT2D eigenvalue weighted by Crippen LogP contribution is -2.26. The van der Waals surface area contributed by atoms with Crippen LogP contribution in [0.5, 0.6) is 0 Å². The number of aliphatic hydroxyl groups is 1. The first-order valence-electron chi connectivity index (χ1n) is 5.92. The van der Waals surface area contributed by atoms with Crippen LogP contribution in [0.15, 0.2) is 0 Å². The minimum absolute atomic E-state index is 0.371. The van der Waals surface area contributed by atoms with Crippen molar-refractivity contribution >= 4 is 15.9 Å². The van der Waals surface area contributed by atoms with E-state index in [9.17, 15) is 18.3 Å². The van der Waals surface area contributed by atoms with Gasteiger partial charge in [0.05, 0.1) is 6.26 Å². The highest BCUT2D eigenvalue weighted by molar-refractivity contribution is 7.86. The molecule has 5 nitrogen and oxygen atoms in total. The molecule has 1 unspecified atom stereocenters. The van der Waals surface area contributed by atoms with Gasteiger partial charge in [0.25, 0.3) is 10.1 Å². The molecule has 0 rings (SSSR count). The van der Waals surface area contributed by atoms with Crippen LogP contribution in [0.2, 0.25) is 0 Å². The Hall–Kier alpha value is -0.460. The molecule has 0 amide bonds. The number of carbonyl (C=O) groups excluding carboxylic acids is 1. The highest BCUT2D eigenvalue weighted by Gasteiger charge is 2.16. The minimum Gasteiger partial charge on any atom is -0.385 e. The van der Waals surface area contributed by atoms with E-state index < -0.39 is 28.6 Å². The van der Waals surface area contributed by atoms with Crippen LogP contribution in [0.1, 0.15) is 45.4 Å². The fourth-order valence-corrected chi connectivity index (χ4v) is 1.69. The van der Waals surface area contributed by atoms with E-state index in [0.717, 1.165) is 38.4 Å². The molecular weight excluding hydrogens is 244 g/mol. The normalized spacial score (nSPS) is 13.6. The first-order valence-corrected chi connectivity index (χ1v) is 7.73. The lowest BCUT2D eigenvalue weighted by molar-refractivity contribution is -0.129. The second-order valence-corrected chi connectivity index (χ2v) is 5.80. The van der Waals surface area contributed by atoms with Gasteiger partial charge in [0.1, 0.15) is 12.7 Å². The smallest absolute Gasteiger partial charge is 0.264 e. The zero-order chi connectivity index (χ0) is 13.3. The number of ketones is 1. The zero-order valence-electron chi connectivity index (χ0n) is 10.5. The number of carbonyl (C=O) groups is 1. The van der Waals surface area contributed by atoms with Gasteiger partial charge in [-0.05, 0) is 6.42 Å². The van der Waals surface area contributed by atoms with Crippen molar-refractivity contribution in [2.45, 2.75) is 51.6 Å². The maximum absolute atomic E-state index is 11.3. The summed E-state index contributed by atoms with van der Waals surface area (Å²) in [5.41, 5.74) is 0. The molecule has 0 heterocycles. The monoisotopic (exact) mass is 266 g/mol. The highest BCUT2D eigenvalue weighted by Crippen LogP contribution is 2.08. The molecule has 6 heteroatoms. The summed E-state index contributed by atoms with van der Waals surface area (Å²) in [7, 11) is -3.62. The summed E-state index contributed by atoms with van der Waals surface area (Å²) in [5.74, 6) is -0.578. The molecule has 0 aromatic heterocycles. The molecule has 0 fully saturated rings. The average molecular weight is 266 g/mol. The van der Waals surface area contributed by atoms with Crippen molar-refractivity contribution in [2.75, 3.05) is 12.9 Å². The Labute approximate surface area is 103 Å². The second-order valence-electron chi connectivity index (χ2n) is 4.15. The molecule has 0 saturated carbocycles. The Kier molecular flexibility index (Phi) is 8.37. The van der Waals surface area contributed by atoms with E-state index in [4.69, 9.17) is 0 Å². The Morgan fingerprint density at radius 1 is 1.24 bits per heavy atom. The molecule has 1 atom stereocenters. The van der Waals surface area contributed by atoms with E-state index >= 15 is 0 Å². The Morgan fingerprint density at radius 3 is 2.35 bits per heavy atom. The minimum atomic E-state index is -3.62. The van der Waals surface area contributed by atoms with Crippen molar-refractivity contribution in [1.82, 2.24) is 0 Å². The molecule has 0 aromatic carbocycles. The Bertz CT molecular complexity index is 310. The molecule has 1 N–H and O–H groups in total. The lowest BCUT2D eigenvalue weighted by Gasteiger charge is -2.08. The summed E-state index contributed by atoms with van der Waals surface area (Å²) in [5, 5.41) is 9.45. The number of unbranched alkanes of at least 4 members (excludes halogenated alkanes) is 4. The van der Waals surface area contributed by atoms with E-state index in [1.807, 2.05) is 0 Å². The van der Waals surface area contributed by atoms with E-state index in [1.54, 1.807) is 0 Å². The van der Waals surface area contributed by atoms with Gasteiger partial charge in [0, 0.05) is 0 Å². The molecule has 0 aliphatic heterocycles. The molecule has 0 aromatic rings. The number of rotatable bonds is 10. The summed E-state index contributed by atoms with van der Waals surface area (Å²) in [6.45, 7) is 1.54. The molecule has 0 spiro atoms. The molecule has 0 aliphatic carbocycles. The van der Waals surface area contributed by atoms with Crippen molar-refractivity contribution in [1.29, 1.82) is 0 Å². The van der Waals surface area contributed by atoms with Crippen LogP contribution in [-0.2, 0) is 19.1 Å². The van der Waals surface area contributed by atoms with Gasteiger partial charge in [0.2, 0.25) is 0 Å². The molecule has 0 bridgehead atoms. The van der Waals surface area contributed by atoms with Gasteiger partial charge in [-0.15, -0.1) is 0 Å². The highest BCUT2D eigenvalue weighted by atomic mass is 32.2. The van der Waals surface area contributed by atoms with E-state index in [1.165, 1.54) is 0 Å². The third-order valence-corrected chi connectivity index (χ3v) is 2.91. The van der Waals surface area contributed by atoms with Crippen molar-refractivity contribution in [2.24, 2.45) is 0 Å². The Morgan fingerprint density at radius 2 is 1.82 bits per heavy atom. The molecule has 0 aliphatic rings. The summed E-state index contributed by atoms with van der Waals surface area (Å²) in [4.78, 5) is 11.3. The molecule has 102 valence electrons. The summed E-state index contributed by atoms with van der Waals surface area (Å²) in [6.07, 6.45) is 5.27. The van der Waals surface area contributed by atoms with Gasteiger partial charge in [-0.3, -0.25) is 8.98 Å². The first kappa shape index (κ1) is 16.5. The van der Waals surface area contributed by atoms with Crippen molar-refractivity contribution in [3.63, 3.8) is 0 Å². The van der Waals surface area contributed by atoms with Crippen LogP contribution < -0.4 is 0 Å². The third kappa shape index (κ3) is 10.4. The number of Topliss-reactive ketones (excluding diaryl/α,β-unsaturated/α-hetero) is 1. The fourth-order valence-electron chi connectivity index (χ4n) is 1.36. The van der Waals surface area contributed by atoms with Crippen LogP contribution in [0.25, 0.3) is 0 Å². The molecule has 0 radical (unpaired) electrons. The molecule has 0 saturated heterocycles. The SMILES string of the molecule is CCCCCCCC(O)C(=O)COS(C)(=O)=O. The third-order valence-electron chi connectivity index (χ3n) is 2.37. The van der Waals surface area contributed by atoms with Crippen molar-refractivity contribution in [3.8, 4) is 0 Å². The summed E-state index contributed by atoms with van der Waals surface area (Å²) >= 11 is 0. The average Bonchev–Trinajstić information content (AvgIpc) is 2.24. The van der Waals surface area contributed by atoms with Crippen LogP contribution in [0.3, 0.4) is 0 Å². The standard InChI is InChI=1S/C11H22O5S/c1-3-4-5-6-7-8-10(12)11(13)9-16-17(2,14)15/h10,12H,3-9H2,1-2H3. The van der Waals surface area contributed by atoms with Gasteiger partial charge in [0.15, 0.2) is 5.78 Å². The van der Waals surface area contributed by atoms with Crippen LogP contribution in [0.4, 0.5) is 0 Å². The van der Waals surface area contributed by atoms with Crippen molar-refractivity contribution in [3.05, 3.63) is 0 Å². The Balaban J connectivity index is 3.68. The summed E-state index contributed by atoms with van der Waals surface area (Å²) in [6, 6.07) is 0. The molecular formula is C11H22O5S. The van der Waals surface area contributed by atoms with Crippen LogP contribution in [0, 0.1) is 0 Å². The number of hydrogen-bond donors (Lipinski definition) is 1. The lowest BCUT2D eigenvalue weighted by atomic mass is 10.1. The van der Waals surface area contributed by atoms with Gasteiger partial charge in [-0.1, -0.05) is 39.0 Å². The quantitative estimate of drug-likeness (QED) is 0.475. The summed E-state index contributed by atoms with van der Waals surface area (Å²) < 4.78 is 25.6. The zero-order valence-corrected chi connectivity index (χ0v) is 11.3. The van der Waals surface area contributed by atoms with E-state index in [2.05, 4.69) is 11.1 Å². The fraction of sp³-hybridized carbons (Fsp3) is 0.909. The van der Waals surface area contributed by atoms with Crippen molar-refractivity contribution < 1.29 is 22.5 Å². The predicted octanol–water partition coefficient (Wildman–Crippen LogP) is 1.25. The van der Waals surface area contributed by atoms with E-state index in [-0.39, 0.29) is 0 Å². The largest absolute Gasteiger partial charge is 0.385 e. The predicted molar refractivity (Wildman–Crippen MR) is 65.2 cm³/mol. The number of aliphatic hydroxyl groups excluding tert-OH is 1. The molecule has 17 heavy (non-hydrogen) atoms. The maximum atomic E-state index is 11.3. The van der Waals surface area contributed by atoms with Gasteiger partial charge < -0.3 is 5.11 Å². The second kappa shape index (κ2) is 8.60. The van der Waals surface area contributed by atoms with Gasteiger partial charge in [-0.2, -0.15) is 8.42 Å². The number of hydrogen-bond acceptors (Lipinski definition) is 5. The van der Waals surface area contributed by atoms with Gasteiger partial charge in [-0.25, -0.2) is 0 Å². The van der Waals surface area contributed by atoms with Crippen LogP contribution in [-0.4, -0.2) is 38.3 Å². The van der Waals surface area contributed by atoms with E-state index in [0.29, 0.717) is 6.42 Å². The topological polar surface area (TPSA) is 80.7 Å². The van der Waals surface area contributed by atoms with Crippen LogP contribution >= 0.6 is 0 Å². The maximum Gasteiger partial charge on any atom is 0.264 e.